The van der Waals surface area contributed by atoms with Crippen molar-refractivity contribution in [1.82, 2.24) is 5.32 Å². The van der Waals surface area contributed by atoms with Crippen molar-refractivity contribution < 1.29 is 4.79 Å². The first-order valence-corrected chi connectivity index (χ1v) is 4.04. The summed E-state index contributed by atoms with van der Waals surface area (Å²) < 4.78 is 0. The highest BCUT2D eigenvalue weighted by Crippen LogP contribution is 2.24. The van der Waals surface area contributed by atoms with Crippen molar-refractivity contribution in [2.75, 3.05) is 0 Å². The molecule has 0 aliphatic rings. The second-order valence-electron chi connectivity index (χ2n) is 2.17. The van der Waals surface area contributed by atoms with Gasteiger partial charge in [0.2, 0.25) is 0 Å². The summed E-state index contributed by atoms with van der Waals surface area (Å²) in [6.45, 7) is 0.350. The van der Waals surface area contributed by atoms with Gasteiger partial charge < -0.3 is 5.32 Å². The molecule has 1 rings (SSSR count). The minimum Gasteiger partial charge on any atom is -0.344 e. The smallest absolute Gasteiger partial charge is 0.309 e. The van der Waals surface area contributed by atoms with Crippen molar-refractivity contribution in [3.63, 3.8) is 0 Å². The molecule has 12 heavy (non-hydrogen) atoms. The fraction of sp³-hybridized carbons (Fsp3) is 0.125. The second-order valence-corrected chi connectivity index (χ2v) is 2.95. The third-order valence-corrected chi connectivity index (χ3v) is 2.24. The van der Waals surface area contributed by atoms with E-state index in [4.69, 9.17) is 23.2 Å². The van der Waals surface area contributed by atoms with Gasteiger partial charge in [-0.05, 0) is 11.6 Å². The molecule has 0 heterocycles. The predicted molar refractivity (Wildman–Crippen MR) is 49.0 cm³/mol. The predicted octanol–water partition coefficient (Wildman–Crippen LogP) is 2.15. The molecular weight excluding hydrogens is 197 g/mol. The summed E-state index contributed by atoms with van der Waals surface area (Å²) in [5, 5.41) is 3.35. The molecule has 0 unspecified atom stereocenters. The Balaban J connectivity index is 2.84. The van der Waals surface area contributed by atoms with Gasteiger partial charge in [-0.1, -0.05) is 35.3 Å². The highest BCUT2D eigenvalue weighted by molar-refractivity contribution is 6.42. The number of carbonyl (C=O) groups excluding carboxylic acids is 1. The van der Waals surface area contributed by atoms with Crippen LogP contribution in [0.25, 0.3) is 0 Å². The summed E-state index contributed by atoms with van der Waals surface area (Å²) >= 11 is 11.6. The molecule has 4 heteroatoms. The molecule has 1 aromatic carbocycles. The van der Waals surface area contributed by atoms with E-state index < -0.39 is 0 Å². The average molecular weight is 203 g/mol. The third-order valence-electron chi connectivity index (χ3n) is 1.38. The molecule has 0 fully saturated rings. The van der Waals surface area contributed by atoms with Crippen LogP contribution < -0.4 is 5.32 Å². The van der Waals surface area contributed by atoms with Gasteiger partial charge in [-0.3, -0.25) is 4.79 Å². The number of hydrogen-bond acceptors (Lipinski definition) is 1. The maximum Gasteiger partial charge on any atom is 0.309 e. The van der Waals surface area contributed by atoms with Gasteiger partial charge in [-0.25, -0.2) is 0 Å². The van der Waals surface area contributed by atoms with Crippen LogP contribution in [0.5, 0.6) is 0 Å². The molecular formula is C8H6Cl2NO. The van der Waals surface area contributed by atoms with E-state index in [9.17, 15) is 4.79 Å². The van der Waals surface area contributed by atoms with E-state index in [1.54, 1.807) is 24.6 Å². The summed E-state index contributed by atoms with van der Waals surface area (Å²) in [5.41, 5.74) is 0.785. The van der Waals surface area contributed by atoms with Crippen molar-refractivity contribution in [1.29, 1.82) is 0 Å². The number of benzene rings is 1. The molecule has 1 N–H and O–H groups in total. The van der Waals surface area contributed by atoms with E-state index in [1.807, 2.05) is 0 Å². The molecule has 0 aliphatic heterocycles. The van der Waals surface area contributed by atoms with Crippen LogP contribution in [0.3, 0.4) is 0 Å². The standard InChI is InChI=1S/C8H6Cl2NO/c9-7-3-1-2-6(8(7)10)4-11-5-12/h1-3H,4H2,(H,11,12). The van der Waals surface area contributed by atoms with Crippen molar-refractivity contribution in [3.8, 4) is 0 Å². The van der Waals surface area contributed by atoms with Crippen molar-refractivity contribution in [3.05, 3.63) is 33.8 Å². The third kappa shape index (κ3) is 2.13. The van der Waals surface area contributed by atoms with Crippen molar-refractivity contribution in [2.24, 2.45) is 0 Å². The van der Waals surface area contributed by atoms with Gasteiger partial charge in [0, 0.05) is 6.54 Å². The molecule has 0 aliphatic carbocycles. The molecule has 0 bridgehead atoms. The largest absolute Gasteiger partial charge is 0.344 e. The number of amides is 1. The maximum absolute atomic E-state index is 9.86. The Bertz CT molecular complexity index is 288. The van der Waals surface area contributed by atoms with Crippen LogP contribution in [0.15, 0.2) is 18.2 Å². The first kappa shape index (κ1) is 9.36. The van der Waals surface area contributed by atoms with E-state index in [1.165, 1.54) is 0 Å². The lowest BCUT2D eigenvalue weighted by molar-refractivity contribution is 0.542. The SMILES string of the molecule is O=[C]NCc1cccc(Cl)c1Cl. The fourth-order valence-electron chi connectivity index (χ4n) is 0.816. The Labute approximate surface area is 80.5 Å². The van der Waals surface area contributed by atoms with E-state index in [-0.39, 0.29) is 0 Å². The van der Waals surface area contributed by atoms with Crippen LogP contribution in [-0.2, 0) is 11.3 Å². The van der Waals surface area contributed by atoms with Gasteiger partial charge in [-0.2, -0.15) is 0 Å². The first-order chi connectivity index (χ1) is 5.75. The molecule has 0 atom stereocenters. The normalized spacial score (nSPS) is 9.50. The zero-order valence-electron chi connectivity index (χ0n) is 6.10. The number of rotatable bonds is 3. The Kier molecular flexibility index (Phi) is 3.38. The van der Waals surface area contributed by atoms with Crippen molar-refractivity contribution >= 4 is 29.6 Å². The van der Waals surface area contributed by atoms with E-state index in [0.29, 0.717) is 16.6 Å². The molecule has 0 saturated carbocycles. The highest BCUT2D eigenvalue weighted by atomic mass is 35.5. The summed E-state index contributed by atoms with van der Waals surface area (Å²) in [5.74, 6) is 0. The van der Waals surface area contributed by atoms with Crippen molar-refractivity contribution in [2.45, 2.75) is 6.54 Å². The minimum atomic E-state index is 0.350. The van der Waals surface area contributed by atoms with Crippen LogP contribution in [0.4, 0.5) is 0 Å². The van der Waals surface area contributed by atoms with Gasteiger partial charge in [0.15, 0.2) is 0 Å². The quantitative estimate of drug-likeness (QED) is 0.749. The van der Waals surface area contributed by atoms with E-state index in [0.717, 1.165) is 5.56 Å². The van der Waals surface area contributed by atoms with Gasteiger partial charge in [0.05, 0.1) is 10.0 Å². The molecule has 1 amide bonds. The lowest BCUT2D eigenvalue weighted by Gasteiger charge is -2.03. The Hall–Kier alpha value is -0.730. The molecule has 1 radical (unpaired) electrons. The zero-order chi connectivity index (χ0) is 8.97. The topological polar surface area (TPSA) is 29.1 Å². The molecule has 2 nitrogen and oxygen atoms in total. The fourth-order valence-corrected chi connectivity index (χ4v) is 1.20. The second kappa shape index (κ2) is 4.33. The minimum absolute atomic E-state index is 0.350. The number of nitrogens with one attached hydrogen (secondary N) is 1. The summed E-state index contributed by atoms with van der Waals surface area (Å²) in [4.78, 5) is 9.86. The molecule has 63 valence electrons. The van der Waals surface area contributed by atoms with Crippen LogP contribution in [0, 0.1) is 0 Å². The molecule has 0 saturated heterocycles. The number of hydrogen-bond donors (Lipinski definition) is 1. The Morgan fingerprint density at radius 1 is 1.42 bits per heavy atom. The van der Waals surface area contributed by atoms with Gasteiger partial charge >= 0.3 is 6.41 Å². The summed E-state index contributed by atoms with van der Waals surface area (Å²) in [7, 11) is 0. The summed E-state index contributed by atoms with van der Waals surface area (Å²) in [6.07, 6.45) is 1.56. The molecule has 0 aromatic heterocycles. The van der Waals surface area contributed by atoms with Gasteiger partial charge in [0.1, 0.15) is 0 Å². The average Bonchev–Trinajstić information content (AvgIpc) is 2.08. The van der Waals surface area contributed by atoms with Crippen LogP contribution >= 0.6 is 23.2 Å². The molecule has 0 spiro atoms. The van der Waals surface area contributed by atoms with Gasteiger partial charge in [-0.15, -0.1) is 0 Å². The summed E-state index contributed by atoms with van der Waals surface area (Å²) in [6, 6.07) is 5.26. The number of halogens is 2. The van der Waals surface area contributed by atoms with Crippen LogP contribution in [0.2, 0.25) is 10.0 Å². The maximum atomic E-state index is 9.86. The highest BCUT2D eigenvalue weighted by Gasteiger charge is 2.02. The monoisotopic (exact) mass is 202 g/mol. The first-order valence-electron chi connectivity index (χ1n) is 3.28. The Morgan fingerprint density at radius 2 is 2.17 bits per heavy atom. The van der Waals surface area contributed by atoms with E-state index >= 15 is 0 Å². The Morgan fingerprint density at radius 3 is 2.83 bits per heavy atom. The van der Waals surface area contributed by atoms with E-state index in [2.05, 4.69) is 5.32 Å². The van der Waals surface area contributed by atoms with Crippen LogP contribution in [-0.4, -0.2) is 6.41 Å². The van der Waals surface area contributed by atoms with Gasteiger partial charge in [0.25, 0.3) is 0 Å². The lowest BCUT2D eigenvalue weighted by Crippen LogP contribution is -2.09. The lowest BCUT2D eigenvalue weighted by atomic mass is 10.2. The zero-order valence-corrected chi connectivity index (χ0v) is 7.62. The molecule has 1 aromatic rings. The van der Waals surface area contributed by atoms with Crippen LogP contribution in [0.1, 0.15) is 5.56 Å².